The van der Waals surface area contributed by atoms with Crippen LogP contribution in [-0.2, 0) is 4.79 Å². The molecule has 4 nitrogen and oxygen atoms in total. The van der Waals surface area contributed by atoms with Crippen molar-refractivity contribution in [2.45, 2.75) is 39.7 Å². The van der Waals surface area contributed by atoms with Crippen LogP contribution in [0.2, 0.25) is 0 Å². The van der Waals surface area contributed by atoms with Crippen LogP contribution < -0.4 is 10.6 Å². The van der Waals surface area contributed by atoms with Gasteiger partial charge in [-0.3, -0.25) is 4.79 Å². The molecule has 0 spiro atoms. The van der Waals surface area contributed by atoms with Gasteiger partial charge < -0.3 is 15.5 Å². The number of likely N-dealkylation sites (N-methyl/N-ethyl adjacent to an activating group) is 1. The first kappa shape index (κ1) is 21.3. The van der Waals surface area contributed by atoms with Gasteiger partial charge in [0.2, 0.25) is 5.91 Å². The summed E-state index contributed by atoms with van der Waals surface area (Å²) in [6.45, 7) is 11.3. The van der Waals surface area contributed by atoms with Crippen molar-refractivity contribution in [1.82, 2.24) is 15.5 Å². The molecule has 0 bridgehead atoms. The van der Waals surface area contributed by atoms with Gasteiger partial charge in [0.05, 0.1) is 5.92 Å². The summed E-state index contributed by atoms with van der Waals surface area (Å²) < 4.78 is 0. The summed E-state index contributed by atoms with van der Waals surface area (Å²) in [4.78, 5) is 14.3. The Balaban J connectivity index is 0. The molecule has 116 valence electrons. The second kappa shape index (κ2) is 11.8. The minimum absolute atomic E-state index is 0. The van der Waals surface area contributed by atoms with Gasteiger partial charge in [-0.05, 0) is 39.4 Å². The van der Waals surface area contributed by atoms with Gasteiger partial charge in [0.15, 0.2) is 0 Å². The molecule has 0 aromatic carbocycles. The molecule has 1 heterocycles. The first-order valence-electron chi connectivity index (χ1n) is 6.90. The number of amides is 1. The zero-order valence-electron chi connectivity index (χ0n) is 12.3. The Labute approximate surface area is 129 Å². The molecule has 1 amide bonds. The monoisotopic (exact) mass is 313 g/mol. The van der Waals surface area contributed by atoms with Gasteiger partial charge >= 0.3 is 0 Å². The third-order valence-corrected chi connectivity index (χ3v) is 3.48. The maximum absolute atomic E-state index is 12.0. The summed E-state index contributed by atoms with van der Waals surface area (Å²) in [6.07, 6.45) is 2.14. The smallest absolute Gasteiger partial charge is 0.224 e. The first-order chi connectivity index (χ1) is 8.17. The normalized spacial score (nSPS) is 20.1. The van der Waals surface area contributed by atoms with E-state index in [1.165, 1.54) is 0 Å². The van der Waals surface area contributed by atoms with Crippen LogP contribution in [-0.4, -0.2) is 49.6 Å². The molecule has 1 aliphatic rings. The second-order valence-corrected chi connectivity index (χ2v) is 4.94. The molecular weight excluding hydrogens is 285 g/mol. The number of nitrogens with one attached hydrogen (secondary N) is 2. The maximum Gasteiger partial charge on any atom is 0.224 e. The van der Waals surface area contributed by atoms with E-state index in [9.17, 15) is 4.79 Å². The van der Waals surface area contributed by atoms with E-state index in [2.05, 4.69) is 36.3 Å². The van der Waals surface area contributed by atoms with Crippen molar-refractivity contribution in [3.63, 3.8) is 0 Å². The molecule has 0 saturated carbocycles. The topological polar surface area (TPSA) is 44.4 Å². The highest BCUT2D eigenvalue weighted by atomic mass is 35.5. The van der Waals surface area contributed by atoms with Crippen LogP contribution in [0.5, 0.6) is 0 Å². The Hall–Kier alpha value is -0.0300. The van der Waals surface area contributed by atoms with E-state index in [0.29, 0.717) is 0 Å². The van der Waals surface area contributed by atoms with Crippen molar-refractivity contribution in [3.05, 3.63) is 0 Å². The predicted octanol–water partition coefficient (Wildman–Crippen LogP) is 1.68. The van der Waals surface area contributed by atoms with Gasteiger partial charge in [-0.15, -0.1) is 24.8 Å². The van der Waals surface area contributed by atoms with Crippen molar-refractivity contribution in [3.8, 4) is 0 Å². The highest BCUT2D eigenvalue weighted by Gasteiger charge is 2.22. The van der Waals surface area contributed by atoms with E-state index in [1.807, 2.05) is 0 Å². The Morgan fingerprint density at radius 1 is 1.37 bits per heavy atom. The van der Waals surface area contributed by atoms with Crippen molar-refractivity contribution < 1.29 is 4.79 Å². The summed E-state index contributed by atoms with van der Waals surface area (Å²) in [6, 6.07) is 0.240. The van der Waals surface area contributed by atoms with Crippen molar-refractivity contribution in [1.29, 1.82) is 0 Å². The number of hydrogen-bond acceptors (Lipinski definition) is 3. The van der Waals surface area contributed by atoms with Gasteiger partial charge in [-0.25, -0.2) is 0 Å². The average Bonchev–Trinajstić information content (AvgIpc) is 2.37. The number of carbonyl (C=O) groups is 1. The van der Waals surface area contributed by atoms with E-state index in [4.69, 9.17) is 0 Å². The predicted molar refractivity (Wildman–Crippen MR) is 85.5 cm³/mol. The van der Waals surface area contributed by atoms with Crippen LogP contribution in [0, 0.1) is 5.92 Å². The molecule has 2 atom stereocenters. The average molecular weight is 314 g/mol. The Morgan fingerprint density at radius 2 is 2.00 bits per heavy atom. The highest BCUT2D eigenvalue weighted by Crippen LogP contribution is 2.10. The molecule has 0 radical (unpaired) electrons. The van der Waals surface area contributed by atoms with Crippen LogP contribution in [0.1, 0.15) is 33.6 Å². The molecule has 2 N–H and O–H groups in total. The molecule has 1 fully saturated rings. The molecule has 1 rings (SSSR count). The molecule has 2 unspecified atom stereocenters. The number of rotatable bonds is 6. The molecular formula is C13H29Cl2N3O. The number of halogens is 2. The minimum atomic E-state index is 0. The first-order valence-corrected chi connectivity index (χ1v) is 6.90. The van der Waals surface area contributed by atoms with E-state index in [1.54, 1.807) is 0 Å². The largest absolute Gasteiger partial charge is 0.352 e. The summed E-state index contributed by atoms with van der Waals surface area (Å²) in [5.41, 5.74) is 0. The zero-order valence-corrected chi connectivity index (χ0v) is 13.9. The van der Waals surface area contributed by atoms with Gasteiger partial charge in [0.25, 0.3) is 0 Å². The fourth-order valence-electron chi connectivity index (χ4n) is 2.35. The lowest BCUT2D eigenvalue weighted by Crippen LogP contribution is -2.47. The van der Waals surface area contributed by atoms with Gasteiger partial charge in [0.1, 0.15) is 0 Å². The lowest BCUT2D eigenvalue weighted by Gasteiger charge is -2.27. The fourth-order valence-corrected chi connectivity index (χ4v) is 2.35. The second-order valence-electron chi connectivity index (χ2n) is 4.94. The third kappa shape index (κ3) is 7.98. The number of nitrogens with zero attached hydrogens (tertiary/aromatic N) is 1. The Kier molecular flexibility index (Phi) is 13.2. The Bertz CT molecular complexity index is 232. The highest BCUT2D eigenvalue weighted by molar-refractivity contribution is 5.85. The van der Waals surface area contributed by atoms with Crippen molar-refractivity contribution >= 4 is 30.7 Å². The summed E-state index contributed by atoms with van der Waals surface area (Å²) in [7, 11) is 0. The van der Waals surface area contributed by atoms with Crippen molar-refractivity contribution in [2.75, 3.05) is 32.7 Å². The van der Waals surface area contributed by atoms with E-state index >= 15 is 0 Å². The molecule has 19 heavy (non-hydrogen) atoms. The molecule has 6 heteroatoms. The molecule has 0 aromatic heterocycles. The molecule has 0 aromatic rings. The zero-order chi connectivity index (χ0) is 12.7. The standard InChI is InChI=1S/C13H27N3O.2ClH/c1-4-16(5-2)10-11(3)15-13(17)12-7-6-8-14-9-12;;/h11-12,14H,4-10H2,1-3H3,(H,15,17);2*1H. The SMILES string of the molecule is CCN(CC)CC(C)NC(=O)C1CCCNC1.Cl.Cl. The van der Waals surface area contributed by atoms with E-state index in [-0.39, 0.29) is 42.7 Å². The summed E-state index contributed by atoms with van der Waals surface area (Å²) in [5, 5.41) is 6.41. The number of carbonyl (C=O) groups excluding carboxylic acids is 1. The summed E-state index contributed by atoms with van der Waals surface area (Å²) in [5.74, 6) is 0.389. The minimum Gasteiger partial charge on any atom is -0.352 e. The van der Waals surface area contributed by atoms with Crippen LogP contribution in [0.15, 0.2) is 0 Å². The maximum atomic E-state index is 12.0. The molecule has 1 saturated heterocycles. The molecule has 1 aliphatic heterocycles. The third-order valence-electron chi connectivity index (χ3n) is 3.48. The quantitative estimate of drug-likeness (QED) is 0.784. The lowest BCUT2D eigenvalue weighted by molar-refractivity contribution is -0.126. The number of hydrogen-bond donors (Lipinski definition) is 2. The van der Waals surface area contributed by atoms with Crippen molar-refractivity contribution in [2.24, 2.45) is 5.92 Å². The van der Waals surface area contributed by atoms with Crippen LogP contribution in [0.3, 0.4) is 0 Å². The van der Waals surface area contributed by atoms with Crippen LogP contribution in [0.25, 0.3) is 0 Å². The van der Waals surface area contributed by atoms with E-state index in [0.717, 1.165) is 45.6 Å². The van der Waals surface area contributed by atoms with Gasteiger partial charge in [0, 0.05) is 19.1 Å². The lowest BCUT2D eigenvalue weighted by atomic mass is 9.98. The summed E-state index contributed by atoms with van der Waals surface area (Å²) >= 11 is 0. The molecule has 0 aliphatic carbocycles. The number of piperidine rings is 1. The fraction of sp³-hybridized carbons (Fsp3) is 0.923. The Morgan fingerprint density at radius 3 is 2.47 bits per heavy atom. The van der Waals surface area contributed by atoms with Gasteiger partial charge in [-0.2, -0.15) is 0 Å². The van der Waals surface area contributed by atoms with Gasteiger partial charge in [-0.1, -0.05) is 13.8 Å². The van der Waals surface area contributed by atoms with Crippen LogP contribution >= 0.6 is 24.8 Å². The van der Waals surface area contributed by atoms with E-state index < -0.39 is 0 Å². The van der Waals surface area contributed by atoms with Crippen LogP contribution in [0.4, 0.5) is 0 Å².